The third kappa shape index (κ3) is 2.74. The first kappa shape index (κ1) is 16.7. The van der Waals surface area contributed by atoms with Crippen LogP contribution in [0.1, 0.15) is 5.56 Å². The Morgan fingerprint density at radius 3 is 2.83 bits per heavy atom. The van der Waals surface area contributed by atoms with Gasteiger partial charge in [0, 0.05) is 5.69 Å². The summed E-state index contributed by atoms with van der Waals surface area (Å²) < 4.78 is 58.4. The van der Waals surface area contributed by atoms with Crippen LogP contribution >= 0.6 is 0 Å². The van der Waals surface area contributed by atoms with Crippen molar-refractivity contribution in [3.63, 3.8) is 0 Å². The van der Waals surface area contributed by atoms with E-state index in [1.54, 1.807) is 6.07 Å². The van der Waals surface area contributed by atoms with Crippen LogP contribution in [-0.4, -0.2) is 29.9 Å². The van der Waals surface area contributed by atoms with Crippen molar-refractivity contribution in [3.8, 4) is 0 Å². The fraction of sp³-hybridized carbons (Fsp3) is 0.267. The first-order valence-corrected chi connectivity index (χ1v) is 7.07. The van der Waals surface area contributed by atoms with E-state index in [1.807, 2.05) is 0 Å². The van der Waals surface area contributed by atoms with Gasteiger partial charge in [0.2, 0.25) is 11.6 Å². The molecule has 4 nitrogen and oxygen atoms in total. The normalized spacial score (nSPS) is 25.7. The SMILES string of the molecule is O=C(Nc1ccc2c(c1)B(O)OC2)C1C=CC=CC1(F)C(F)(F)F. The van der Waals surface area contributed by atoms with Crippen molar-refractivity contribution in [2.24, 2.45) is 5.92 Å². The molecule has 0 spiro atoms. The van der Waals surface area contributed by atoms with E-state index in [9.17, 15) is 27.4 Å². The number of nitrogens with one attached hydrogen (secondary N) is 1. The minimum atomic E-state index is -5.22. The van der Waals surface area contributed by atoms with Gasteiger partial charge < -0.3 is 15.0 Å². The topological polar surface area (TPSA) is 58.6 Å². The molecule has 1 amide bonds. The molecule has 3 rings (SSSR count). The lowest BCUT2D eigenvalue weighted by atomic mass is 9.79. The summed E-state index contributed by atoms with van der Waals surface area (Å²) in [5, 5.41) is 11.9. The summed E-state index contributed by atoms with van der Waals surface area (Å²) in [4.78, 5) is 12.2. The number of rotatable bonds is 2. The summed E-state index contributed by atoms with van der Waals surface area (Å²) >= 11 is 0. The standard InChI is InChI=1S/C15H12BF4NO3/c17-14(15(18,19)20)6-2-1-3-11(14)13(22)21-10-5-4-9-8-24-16(23)12(9)7-10/h1-7,11,23H,8H2,(H,21,22). The van der Waals surface area contributed by atoms with Gasteiger partial charge in [0.05, 0.1) is 6.61 Å². The zero-order valence-electron chi connectivity index (χ0n) is 12.2. The molecule has 2 aliphatic rings. The molecule has 0 aromatic heterocycles. The molecule has 2 unspecified atom stereocenters. The van der Waals surface area contributed by atoms with Gasteiger partial charge in [-0.1, -0.05) is 24.3 Å². The van der Waals surface area contributed by atoms with E-state index in [0.717, 1.165) is 12.2 Å². The van der Waals surface area contributed by atoms with Gasteiger partial charge in [-0.2, -0.15) is 13.2 Å². The number of anilines is 1. The van der Waals surface area contributed by atoms with Crippen LogP contribution in [0.25, 0.3) is 0 Å². The van der Waals surface area contributed by atoms with Crippen LogP contribution in [0.5, 0.6) is 0 Å². The Labute approximate surface area is 134 Å². The van der Waals surface area contributed by atoms with Crippen LogP contribution < -0.4 is 10.8 Å². The van der Waals surface area contributed by atoms with Crippen molar-refractivity contribution >= 4 is 24.2 Å². The van der Waals surface area contributed by atoms with Gasteiger partial charge in [0.15, 0.2) is 0 Å². The van der Waals surface area contributed by atoms with Gasteiger partial charge in [-0.25, -0.2) is 4.39 Å². The third-order valence-corrected chi connectivity index (χ3v) is 4.00. The highest BCUT2D eigenvalue weighted by molar-refractivity contribution is 6.61. The maximum atomic E-state index is 14.4. The van der Waals surface area contributed by atoms with E-state index in [2.05, 4.69) is 5.32 Å². The van der Waals surface area contributed by atoms with Crippen molar-refractivity contribution in [2.75, 3.05) is 5.32 Å². The van der Waals surface area contributed by atoms with Gasteiger partial charge in [-0.3, -0.25) is 4.79 Å². The molecule has 9 heteroatoms. The Hall–Kier alpha value is -2.13. The Kier molecular flexibility index (Phi) is 4.01. The second-order valence-corrected chi connectivity index (χ2v) is 5.55. The van der Waals surface area contributed by atoms with Crippen LogP contribution in [0.15, 0.2) is 42.5 Å². The molecule has 0 saturated heterocycles. The van der Waals surface area contributed by atoms with Crippen molar-refractivity contribution in [1.82, 2.24) is 0 Å². The minimum Gasteiger partial charge on any atom is -0.423 e. The summed E-state index contributed by atoms with van der Waals surface area (Å²) in [6.07, 6.45) is -1.92. The molecule has 24 heavy (non-hydrogen) atoms. The molecule has 0 bridgehead atoms. The van der Waals surface area contributed by atoms with E-state index >= 15 is 0 Å². The first-order valence-electron chi connectivity index (χ1n) is 7.07. The molecule has 0 fully saturated rings. The van der Waals surface area contributed by atoms with Gasteiger partial charge >= 0.3 is 13.3 Å². The van der Waals surface area contributed by atoms with Crippen LogP contribution in [0.2, 0.25) is 0 Å². The highest BCUT2D eigenvalue weighted by Crippen LogP contribution is 2.43. The van der Waals surface area contributed by atoms with E-state index < -0.39 is 30.8 Å². The molecule has 0 radical (unpaired) electrons. The van der Waals surface area contributed by atoms with Crippen molar-refractivity contribution in [2.45, 2.75) is 18.5 Å². The molecule has 2 atom stereocenters. The van der Waals surface area contributed by atoms with Gasteiger partial charge in [-0.05, 0) is 29.2 Å². The number of allylic oxidation sites excluding steroid dienone is 3. The Morgan fingerprint density at radius 2 is 2.12 bits per heavy atom. The monoisotopic (exact) mass is 341 g/mol. The third-order valence-electron chi connectivity index (χ3n) is 4.00. The molecule has 1 aliphatic carbocycles. The maximum Gasteiger partial charge on any atom is 0.491 e. The van der Waals surface area contributed by atoms with Crippen LogP contribution in [0, 0.1) is 5.92 Å². The summed E-state index contributed by atoms with van der Waals surface area (Å²) in [5.41, 5.74) is -2.51. The number of alkyl halides is 4. The largest absolute Gasteiger partial charge is 0.491 e. The average Bonchev–Trinajstić information content (AvgIpc) is 2.87. The predicted molar refractivity (Wildman–Crippen MR) is 79.1 cm³/mol. The molecular weight excluding hydrogens is 329 g/mol. The number of amides is 1. The van der Waals surface area contributed by atoms with Crippen molar-refractivity contribution in [3.05, 3.63) is 48.1 Å². The van der Waals surface area contributed by atoms with Crippen LogP contribution in [0.4, 0.5) is 23.2 Å². The molecular formula is C15H12BF4NO3. The second-order valence-electron chi connectivity index (χ2n) is 5.55. The zero-order valence-corrected chi connectivity index (χ0v) is 12.2. The van der Waals surface area contributed by atoms with Crippen LogP contribution in [0.3, 0.4) is 0 Å². The second kappa shape index (κ2) is 5.75. The number of fused-ring (bicyclic) bond motifs is 1. The number of halogens is 4. The average molecular weight is 341 g/mol. The number of hydrogen-bond acceptors (Lipinski definition) is 3. The van der Waals surface area contributed by atoms with E-state index in [1.165, 1.54) is 18.2 Å². The summed E-state index contributed by atoms with van der Waals surface area (Å²) in [5.74, 6) is -3.18. The number of carbonyl (C=O) groups excluding carboxylic acids is 1. The fourth-order valence-electron chi connectivity index (χ4n) is 2.68. The Bertz CT molecular complexity index is 734. The Balaban J connectivity index is 1.83. The molecule has 126 valence electrons. The maximum absolute atomic E-state index is 14.4. The van der Waals surface area contributed by atoms with Gasteiger partial charge in [0.1, 0.15) is 5.92 Å². The molecule has 1 aromatic carbocycles. The predicted octanol–water partition coefficient (Wildman–Crippen LogP) is 1.86. The minimum absolute atomic E-state index is 0.149. The lowest BCUT2D eigenvalue weighted by Gasteiger charge is -2.32. The van der Waals surface area contributed by atoms with Crippen LogP contribution in [-0.2, 0) is 16.1 Å². The van der Waals surface area contributed by atoms with E-state index in [4.69, 9.17) is 4.65 Å². The molecule has 1 aliphatic heterocycles. The highest BCUT2D eigenvalue weighted by atomic mass is 19.4. The smallest absolute Gasteiger partial charge is 0.423 e. The quantitative estimate of drug-likeness (QED) is 0.638. The molecule has 2 N–H and O–H groups in total. The van der Waals surface area contributed by atoms with Gasteiger partial charge in [0.25, 0.3) is 0 Å². The van der Waals surface area contributed by atoms with E-state index in [-0.39, 0.29) is 12.3 Å². The number of carbonyl (C=O) groups is 1. The highest BCUT2D eigenvalue weighted by Gasteiger charge is 2.61. The number of hydrogen-bond donors (Lipinski definition) is 2. The fourth-order valence-corrected chi connectivity index (χ4v) is 2.68. The lowest BCUT2D eigenvalue weighted by Crippen LogP contribution is -2.50. The summed E-state index contributed by atoms with van der Waals surface area (Å²) in [6.45, 7) is 0.197. The van der Waals surface area contributed by atoms with Crippen molar-refractivity contribution in [1.29, 1.82) is 0 Å². The molecule has 0 saturated carbocycles. The van der Waals surface area contributed by atoms with Crippen molar-refractivity contribution < 1.29 is 32.0 Å². The Morgan fingerprint density at radius 1 is 1.38 bits per heavy atom. The summed E-state index contributed by atoms with van der Waals surface area (Å²) in [7, 11) is -1.16. The molecule has 1 heterocycles. The lowest BCUT2D eigenvalue weighted by molar-refractivity contribution is -0.223. The first-order chi connectivity index (χ1) is 11.2. The zero-order chi connectivity index (χ0) is 17.5. The molecule has 1 aromatic rings. The van der Waals surface area contributed by atoms with E-state index in [0.29, 0.717) is 17.1 Å². The number of benzene rings is 1. The van der Waals surface area contributed by atoms with Gasteiger partial charge in [-0.15, -0.1) is 0 Å². The summed E-state index contributed by atoms with van der Waals surface area (Å²) in [6, 6.07) is 4.42.